The quantitative estimate of drug-likeness (QED) is 0.499. The van der Waals surface area contributed by atoms with Gasteiger partial charge in [-0.15, -0.1) is 5.10 Å². The molecular formula is C19H14BrN3O2S. The molecule has 0 aliphatic rings. The molecular weight excluding hydrogens is 414 g/mol. The van der Waals surface area contributed by atoms with Gasteiger partial charge in [-0.3, -0.25) is 4.79 Å². The van der Waals surface area contributed by atoms with Crippen LogP contribution in [0, 0.1) is 0 Å². The highest BCUT2D eigenvalue weighted by Crippen LogP contribution is 2.20. The first-order valence-corrected chi connectivity index (χ1v) is 9.65. The summed E-state index contributed by atoms with van der Waals surface area (Å²) in [7, 11) is 0. The largest absolute Gasteiger partial charge is 0.494 e. The molecule has 0 unspecified atom stereocenters. The molecule has 0 spiro atoms. The summed E-state index contributed by atoms with van der Waals surface area (Å²) in [5.41, 5.74) is 1.64. The summed E-state index contributed by atoms with van der Waals surface area (Å²) in [5, 5.41) is 4.37. The third-order valence-electron chi connectivity index (χ3n) is 3.75. The Bertz CT molecular complexity index is 1180. The van der Waals surface area contributed by atoms with Gasteiger partial charge in [0.1, 0.15) is 5.75 Å². The molecule has 26 heavy (non-hydrogen) atoms. The number of ether oxygens (including phenoxy) is 1. The van der Waals surface area contributed by atoms with Crippen LogP contribution in [0.4, 0.5) is 0 Å². The van der Waals surface area contributed by atoms with E-state index in [0.29, 0.717) is 21.9 Å². The zero-order valence-corrected chi connectivity index (χ0v) is 16.3. The first-order chi connectivity index (χ1) is 12.6. The van der Waals surface area contributed by atoms with Crippen LogP contribution in [0.2, 0.25) is 0 Å². The minimum Gasteiger partial charge on any atom is -0.494 e. The summed E-state index contributed by atoms with van der Waals surface area (Å²) >= 11 is 4.77. The number of nitrogens with zero attached hydrogens (tertiary/aromatic N) is 3. The van der Waals surface area contributed by atoms with Gasteiger partial charge < -0.3 is 4.74 Å². The van der Waals surface area contributed by atoms with Crippen molar-refractivity contribution in [3.8, 4) is 17.1 Å². The Balaban J connectivity index is 1.72. The van der Waals surface area contributed by atoms with E-state index in [0.717, 1.165) is 21.3 Å². The monoisotopic (exact) mass is 427 g/mol. The third-order valence-corrected chi connectivity index (χ3v) is 5.20. The van der Waals surface area contributed by atoms with Gasteiger partial charge in [0.05, 0.1) is 11.1 Å². The van der Waals surface area contributed by atoms with E-state index in [-0.39, 0.29) is 5.56 Å². The molecule has 0 amide bonds. The number of rotatable bonds is 4. The van der Waals surface area contributed by atoms with E-state index in [1.807, 2.05) is 61.5 Å². The minimum absolute atomic E-state index is 0.158. The molecule has 0 saturated carbocycles. The number of hydrogen-bond acceptors (Lipinski definition) is 5. The lowest BCUT2D eigenvalue weighted by Crippen LogP contribution is -2.23. The zero-order chi connectivity index (χ0) is 18.1. The first-order valence-electron chi connectivity index (χ1n) is 8.04. The van der Waals surface area contributed by atoms with Gasteiger partial charge in [0.2, 0.25) is 4.96 Å². The molecule has 0 radical (unpaired) electrons. The van der Waals surface area contributed by atoms with E-state index in [1.165, 1.54) is 15.9 Å². The Hall–Kier alpha value is -2.51. The van der Waals surface area contributed by atoms with Crippen LogP contribution in [0.25, 0.3) is 22.4 Å². The van der Waals surface area contributed by atoms with Gasteiger partial charge in [0, 0.05) is 10.0 Å². The smallest absolute Gasteiger partial charge is 0.291 e. The molecule has 5 nitrogen and oxygen atoms in total. The Morgan fingerprint density at radius 3 is 2.73 bits per heavy atom. The van der Waals surface area contributed by atoms with Crippen LogP contribution < -0.4 is 14.8 Å². The highest BCUT2D eigenvalue weighted by Gasteiger charge is 2.12. The lowest BCUT2D eigenvalue weighted by molar-refractivity contribution is 0.340. The molecule has 2 heterocycles. The van der Waals surface area contributed by atoms with Crippen molar-refractivity contribution in [2.24, 2.45) is 0 Å². The number of hydrogen-bond donors (Lipinski definition) is 0. The van der Waals surface area contributed by atoms with E-state index in [1.54, 1.807) is 0 Å². The normalized spacial score (nSPS) is 12.0. The maximum absolute atomic E-state index is 12.6. The number of thiazole rings is 1. The average molecular weight is 428 g/mol. The molecule has 4 rings (SSSR count). The van der Waals surface area contributed by atoms with Crippen molar-refractivity contribution < 1.29 is 4.74 Å². The van der Waals surface area contributed by atoms with E-state index in [2.05, 4.69) is 26.0 Å². The predicted octanol–water partition coefficient (Wildman–Crippen LogP) is 3.53. The number of fused-ring (bicyclic) bond motifs is 1. The van der Waals surface area contributed by atoms with Gasteiger partial charge in [-0.1, -0.05) is 39.4 Å². The van der Waals surface area contributed by atoms with Crippen LogP contribution in [-0.2, 0) is 0 Å². The van der Waals surface area contributed by atoms with Gasteiger partial charge in [-0.25, -0.2) is 0 Å². The average Bonchev–Trinajstić information content (AvgIpc) is 3.16. The number of halogens is 1. The van der Waals surface area contributed by atoms with Crippen LogP contribution in [0.15, 0.2) is 57.8 Å². The second kappa shape index (κ2) is 7.01. The van der Waals surface area contributed by atoms with Gasteiger partial charge in [0.15, 0.2) is 5.82 Å². The summed E-state index contributed by atoms with van der Waals surface area (Å²) < 4.78 is 8.38. The topological polar surface area (TPSA) is 56.5 Å². The Morgan fingerprint density at radius 2 is 2.04 bits per heavy atom. The van der Waals surface area contributed by atoms with Crippen LogP contribution >= 0.6 is 27.3 Å². The van der Waals surface area contributed by atoms with Crippen molar-refractivity contribution in [1.82, 2.24) is 14.6 Å². The Morgan fingerprint density at radius 1 is 1.23 bits per heavy atom. The lowest BCUT2D eigenvalue weighted by Gasteiger charge is -2.02. The van der Waals surface area contributed by atoms with Crippen LogP contribution in [0.1, 0.15) is 12.5 Å². The van der Waals surface area contributed by atoms with E-state index >= 15 is 0 Å². The molecule has 130 valence electrons. The highest BCUT2D eigenvalue weighted by atomic mass is 79.9. The molecule has 2 aromatic heterocycles. The van der Waals surface area contributed by atoms with Gasteiger partial charge in [0.25, 0.3) is 5.56 Å². The Labute approximate surface area is 161 Å². The van der Waals surface area contributed by atoms with Gasteiger partial charge in [-0.05, 0) is 55.0 Å². The van der Waals surface area contributed by atoms with Crippen molar-refractivity contribution in [3.05, 3.63) is 73.5 Å². The van der Waals surface area contributed by atoms with Crippen molar-refractivity contribution in [2.45, 2.75) is 6.92 Å². The predicted molar refractivity (Wildman–Crippen MR) is 107 cm³/mol. The molecule has 0 aliphatic carbocycles. The second-order valence-electron chi connectivity index (χ2n) is 5.56. The fraction of sp³-hybridized carbons (Fsp3) is 0.105. The van der Waals surface area contributed by atoms with E-state index in [4.69, 9.17) is 4.74 Å². The zero-order valence-electron chi connectivity index (χ0n) is 13.8. The summed E-state index contributed by atoms with van der Waals surface area (Å²) in [6.45, 7) is 2.56. The molecule has 0 aliphatic heterocycles. The van der Waals surface area contributed by atoms with Gasteiger partial charge >= 0.3 is 0 Å². The van der Waals surface area contributed by atoms with Crippen molar-refractivity contribution in [1.29, 1.82) is 0 Å². The molecule has 4 aromatic rings. The second-order valence-corrected chi connectivity index (χ2v) is 7.48. The highest BCUT2D eigenvalue weighted by molar-refractivity contribution is 9.10. The van der Waals surface area contributed by atoms with Crippen LogP contribution in [0.3, 0.4) is 0 Å². The fourth-order valence-electron chi connectivity index (χ4n) is 2.57. The molecule has 0 N–H and O–H groups in total. The van der Waals surface area contributed by atoms with Gasteiger partial charge in [-0.2, -0.15) is 9.50 Å². The number of aromatic nitrogens is 3. The summed E-state index contributed by atoms with van der Waals surface area (Å²) in [6.07, 6.45) is 1.85. The van der Waals surface area contributed by atoms with Crippen LogP contribution in [-0.4, -0.2) is 21.2 Å². The molecule has 0 bridgehead atoms. The summed E-state index contributed by atoms with van der Waals surface area (Å²) in [6, 6.07) is 15.3. The first kappa shape index (κ1) is 16.9. The number of benzene rings is 2. The Kier molecular flexibility index (Phi) is 4.57. The molecule has 2 aromatic carbocycles. The molecule has 0 atom stereocenters. The van der Waals surface area contributed by atoms with Crippen molar-refractivity contribution >= 4 is 38.3 Å². The van der Waals surface area contributed by atoms with Crippen molar-refractivity contribution in [2.75, 3.05) is 6.61 Å². The molecule has 0 saturated heterocycles. The maximum atomic E-state index is 12.6. The summed E-state index contributed by atoms with van der Waals surface area (Å²) in [4.78, 5) is 17.7. The van der Waals surface area contributed by atoms with E-state index in [9.17, 15) is 4.79 Å². The van der Waals surface area contributed by atoms with E-state index < -0.39 is 0 Å². The maximum Gasteiger partial charge on any atom is 0.291 e. The molecule has 0 fully saturated rings. The van der Waals surface area contributed by atoms with Crippen LogP contribution in [0.5, 0.6) is 5.75 Å². The summed E-state index contributed by atoms with van der Waals surface area (Å²) in [5.74, 6) is 1.33. The fourth-order valence-corrected chi connectivity index (χ4v) is 3.90. The third kappa shape index (κ3) is 3.27. The van der Waals surface area contributed by atoms with Crippen molar-refractivity contribution in [3.63, 3.8) is 0 Å². The standard InChI is InChI=1S/C19H14BrN3O2S/c1-2-25-15-8-6-13(7-9-15)17-21-19-23(22-17)18(24)16(26-19)11-12-4-3-5-14(20)10-12/h3-11H,2H2,1H3/b16-11-. The molecule has 7 heteroatoms. The lowest BCUT2D eigenvalue weighted by atomic mass is 10.2. The minimum atomic E-state index is -0.158. The SMILES string of the molecule is CCOc1ccc(-c2nc3s/c(=C\c4cccc(Br)c4)c(=O)n3n2)cc1.